The monoisotopic (exact) mass is 263 g/mol. The molecule has 2 rings (SSSR count). The average Bonchev–Trinajstić information content (AvgIpc) is 2.47. The first-order valence-electron chi connectivity index (χ1n) is 7.15. The maximum atomic E-state index is 4.39. The van der Waals surface area contributed by atoms with Crippen LogP contribution in [0.5, 0.6) is 0 Å². The van der Waals surface area contributed by atoms with E-state index in [1.54, 1.807) is 6.33 Å². The highest BCUT2D eigenvalue weighted by molar-refractivity contribution is 5.49. The molecular formula is C14H25N5. The molecule has 0 bridgehead atoms. The maximum Gasteiger partial charge on any atom is 0.133 e. The van der Waals surface area contributed by atoms with Gasteiger partial charge in [0.05, 0.1) is 0 Å². The molecule has 1 aliphatic heterocycles. The van der Waals surface area contributed by atoms with Crippen molar-refractivity contribution in [2.45, 2.75) is 19.8 Å². The van der Waals surface area contributed by atoms with Crippen molar-refractivity contribution in [3.8, 4) is 0 Å². The predicted molar refractivity (Wildman–Crippen MR) is 79.8 cm³/mol. The SMILES string of the molecule is CCN(C)c1cc(N(C)CC2CCCNC2)ncn1. The maximum absolute atomic E-state index is 4.39. The second kappa shape index (κ2) is 6.70. The van der Waals surface area contributed by atoms with Crippen LogP contribution in [-0.2, 0) is 0 Å². The fraction of sp³-hybridized carbons (Fsp3) is 0.714. The Balaban J connectivity index is 1.99. The summed E-state index contributed by atoms with van der Waals surface area (Å²) in [6, 6.07) is 2.07. The van der Waals surface area contributed by atoms with Crippen molar-refractivity contribution in [3.05, 3.63) is 12.4 Å². The van der Waals surface area contributed by atoms with Crippen LogP contribution in [0.25, 0.3) is 0 Å². The van der Waals surface area contributed by atoms with E-state index in [0.29, 0.717) is 0 Å². The van der Waals surface area contributed by atoms with Crippen LogP contribution in [0.15, 0.2) is 12.4 Å². The Labute approximate surface area is 116 Å². The summed E-state index contributed by atoms with van der Waals surface area (Å²) >= 11 is 0. The van der Waals surface area contributed by atoms with Gasteiger partial charge >= 0.3 is 0 Å². The lowest BCUT2D eigenvalue weighted by atomic mass is 9.99. The molecule has 5 heteroatoms. The number of hydrogen-bond donors (Lipinski definition) is 1. The minimum absolute atomic E-state index is 0.723. The van der Waals surface area contributed by atoms with Gasteiger partial charge in [-0.1, -0.05) is 0 Å². The molecule has 0 aromatic carbocycles. The topological polar surface area (TPSA) is 44.3 Å². The molecule has 2 heterocycles. The van der Waals surface area contributed by atoms with Crippen molar-refractivity contribution >= 4 is 11.6 Å². The Morgan fingerprint density at radius 3 is 2.63 bits per heavy atom. The third-order valence-corrected chi connectivity index (χ3v) is 3.83. The van der Waals surface area contributed by atoms with Gasteiger partial charge in [0.15, 0.2) is 0 Å². The van der Waals surface area contributed by atoms with Crippen LogP contribution in [-0.4, -0.2) is 50.2 Å². The van der Waals surface area contributed by atoms with Crippen LogP contribution < -0.4 is 15.1 Å². The quantitative estimate of drug-likeness (QED) is 0.869. The van der Waals surface area contributed by atoms with E-state index >= 15 is 0 Å². The lowest BCUT2D eigenvalue weighted by Crippen LogP contribution is -2.37. The summed E-state index contributed by atoms with van der Waals surface area (Å²) in [6.07, 6.45) is 4.25. The van der Waals surface area contributed by atoms with Crippen molar-refractivity contribution in [3.63, 3.8) is 0 Å². The van der Waals surface area contributed by atoms with E-state index in [2.05, 4.69) is 52.2 Å². The molecule has 1 aromatic heterocycles. The number of hydrogen-bond acceptors (Lipinski definition) is 5. The van der Waals surface area contributed by atoms with Gasteiger partial charge < -0.3 is 15.1 Å². The highest BCUT2D eigenvalue weighted by atomic mass is 15.2. The zero-order chi connectivity index (χ0) is 13.7. The van der Waals surface area contributed by atoms with E-state index < -0.39 is 0 Å². The summed E-state index contributed by atoms with van der Waals surface area (Å²) in [6.45, 7) is 6.42. The summed E-state index contributed by atoms with van der Waals surface area (Å²) in [4.78, 5) is 13.1. The van der Waals surface area contributed by atoms with Crippen LogP contribution in [0.4, 0.5) is 11.6 Å². The van der Waals surface area contributed by atoms with Gasteiger partial charge in [-0.2, -0.15) is 0 Å². The number of nitrogens with zero attached hydrogens (tertiary/aromatic N) is 4. The normalized spacial score (nSPS) is 19.2. The van der Waals surface area contributed by atoms with E-state index in [1.165, 1.54) is 19.4 Å². The van der Waals surface area contributed by atoms with Crippen molar-refractivity contribution in [2.75, 3.05) is 50.1 Å². The van der Waals surface area contributed by atoms with E-state index in [-0.39, 0.29) is 0 Å². The Hall–Kier alpha value is -1.36. The smallest absolute Gasteiger partial charge is 0.133 e. The highest BCUT2D eigenvalue weighted by Crippen LogP contribution is 2.18. The Bertz CT molecular complexity index is 389. The Kier molecular flexibility index (Phi) is 4.96. The molecule has 1 aliphatic rings. The predicted octanol–water partition coefficient (Wildman–Crippen LogP) is 1.37. The standard InChI is InChI=1S/C14H25N5/c1-4-18(2)13-8-14(17-11-16-13)19(3)10-12-6-5-7-15-9-12/h8,11-12,15H,4-7,9-10H2,1-3H3. The van der Waals surface area contributed by atoms with Gasteiger partial charge in [-0.3, -0.25) is 0 Å². The van der Waals surface area contributed by atoms with E-state index in [9.17, 15) is 0 Å². The molecule has 0 saturated carbocycles. The average molecular weight is 263 g/mol. The number of anilines is 2. The van der Waals surface area contributed by atoms with Crippen molar-refractivity contribution in [1.29, 1.82) is 0 Å². The van der Waals surface area contributed by atoms with Gasteiger partial charge in [-0.05, 0) is 38.8 Å². The molecule has 1 saturated heterocycles. The largest absolute Gasteiger partial charge is 0.360 e. The van der Waals surface area contributed by atoms with Gasteiger partial charge in [0, 0.05) is 33.3 Å². The lowest BCUT2D eigenvalue weighted by Gasteiger charge is -2.28. The van der Waals surface area contributed by atoms with Crippen LogP contribution in [0.1, 0.15) is 19.8 Å². The van der Waals surface area contributed by atoms with Crippen molar-refractivity contribution in [1.82, 2.24) is 15.3 Å². The van der Waals surface area contributed by atoms with Gasteiger partial charge in [0.25, 0.3) is 0 Å². The summed E-state index contributed by atoms with van der Waals surface area (Å²) in [7, 11) is 4.17. The lowest BCUT2D eigenvalue weighted by molar-refractivity contribution is 0.380. The molecule has 0 radical (unpaired) electrons. The number of piperidine rings is 1. The Morgan fingerprint density at radius 2 is 2.00 bits per heavy atom. The van der Waals surface area contributed by atoms with Gasteiger partial charge in [-0.25, -0.2) is 9.97 Å². The summed E-state index contributed by atoms with van der Waals surface area (Å²) < 4.78 is 0. The van der Waals surface area contributed by atoms with Gasteiger partial charge in [-0.15, -0.1) is 0 Å². The van der Waals surface area contributed by atoms with Crippen LogP contribution >= 0.6 is 0 Å². The molecule has 106 valence electrons. The molecular weight excluding hydrogens is 238 g/mol. The third kappa shape index (κ3) is 3.80. The molecule has 1 unspecified atom stereocenters. The van der Waals surface area contributed by atoms with E-state index in [4.69, 9.17) is 0 Å². The van der Waals surface area contributed by atoms with Gasteiger partial charge in [0.2, 0.25) is 0 Å². The molecule has 1 fully saturated rings. The van der Waals surface area contributed by atoms with Gasteiger partial charge in [0.1, 0.15) is 18.0 Å². The molecule has 19 heavy (non-hydrogen) atoms. The molecule has 5 nitrogen and oxygen atoms in total. The van der Waals surface area contributed by atoms with Crippen LogP contribution in [0.3, 0.4) is 0 Å². The second-order valence-corrected chi connectivity index (χ2v) is 5.34. The summed E-state index contributed by atoms with van der Waals surface area (Å²) in [5, 5.41) is 3.46. The molecule has 0 spiro atoms. The minimum Gasteiger partial charge on any atom is -0.360 e. The number of nitrogens with one attached hydrogen (secondary N) is 1. The molecule has 1 aromatic rings. The number of aromatic nitrogens is 2. The number of rotatable bonds is 5. The van der Waals surface area contributed by atoms with E-state index in [0.717, 1.165) is 37.2 Å². The molecule has 1 atom stereocenters. The molecule has 0 amide bonds. The molecule has 0 aliphatic carbocycles. The fourth-order valence-corrected chi connectivity index (χ4v) is 2.48. The third-order valence-electron chi connectivity index (χ3n) is 3.83. The zero-order valence-electron chi connectivity index (χ0n) is 12.3. The highest BCUT2D eigenvalue weighted by Gasteiger charge is 2.16. The first-order valence-corrected chi connectivity index (χ1v) is 7.15. The summed E-state index contributed by atoms with van der Waals surface area (Å²) in [5.41, 5.74) is 0. The second-order valence-electron chi connectivity index (χ2n) is 5.34. The Morgan fingerprint density at radius 1 is 1.26 bits per heavy atom. The van der Waals surface area contributed by atoms with Crippen molar-refractivity contribution < 1.29 is 0 Å². The first-order chi connectivity index (χ1) is 9.20. The minimum atomic E-state index is 0.723. The first kappa shape index (κ1) is 14.1. The van der Waals surface area contributed by atoms with Crippen LogP contribution in [0.2, 0.25) is 0 Å². The fourth-order valence-electron chi connectivity index (χ4n) is 2.48. The summed E-state index contributed by atoms with van der Waals surface area (Å²) in [5.74, 6) is 2.72. The van der Waals surface area contributed by atoms with Crippen molar-refractivity contribution in [2.24, 2.45) is 5.92 Å². The van der Waals surface area contributed by atoms with Crippen LogP contribution in [0, 0.1) is 5.92 Å². The van der Waals surface area contributed by atoms with E-state index in [1.807, 2.05) is 0 Å². The molecule has 1 N–H and O–H groups in total. The zero-order valence-corrected chi connectivity index (χ0v) is 12.3.